The standard InChI is InChI=1S/C14H14N2O2/c1-10(11-6-3-2-4-7-11)18-14(17)12-8-5-9-13(15)16-12/h2-10H,1H3,(H2,15,16). The summed E-state index contributed by atoms with van der Waals surface area (Å²) in [5.41, 5.74) is 6.68. The summed E-state index contributed by atoms with van der Waals surface area (Å²) in [5, 5.41) is 0. The van der Waals surface area contributed by atoms with Gasteiger partial charge < -0.3 is 10.5 Å². The quantitative estimate of drug-likeness (QED) is 0.840. The molecule has 2 N–H and O–H groups in total. The number of nitrogen functional groups attached to an aromatic ring is 1. The maximum absolute atomic E-state index is 11.8. The minimum atomic E-state index is -0.473. The van der Waals surface area contributed by atoms with Crippen LogP contribution in [0.2, 0.25) is 0 Å². The second-order valence-corrected chi connectivity index (χ2v) is 3.91. The Morgan fingerprint density at radius 3 is 2.56 bits per heavy atom. The molecular weight excluding hydrogens is 228 g/mol. The normalized spacial score (nSPS) is 11.8. The van der Waals surface area contributed by atoms with Gasteiger partial charge in [-0.25, -0.2) is 9.78 Å². The van der Waals surface area contributed by atoms with Crippen molar-refractivity contribution in [2.75, 3.05) is 5.73 Å². The van der Waals surface area contributed by atoms with E-state index in [1.54, 1.807) is 18.2 Å². The number of esters is 1. The van der Waals surface area contributed by atoms with E-state index >= 15 is 0 Å². The lowest BCUT2D eigenvalue weighted by Crippen LogP contribution is -2.11. The number of anilines is 1. The van der Waals surface area contributed by atoms with E-state index in [9.17, 15) is 4.79 Å². The molecule has 4 heteroatoms. The smallest absolute Gasteiger partial charge is 0.357 e. The van der Waals surface area contributed by atoms with Gasteiger partial charge >= 0.3 is 5.97 Å². The van der Waals surface area contributed by atoms with Crippen LogP contribution in [0, 0.1) is 0 Å². The molecule has 4 nitrogen and oxygen atoms in total. The molecular formula is C14H14N2O2. The average molecular weight is 242 g/mol. The fourth-order valence-corrected chi connectivity index (χ4v) is 1.58. The Morgan fingerprint density at radius 2 is 1.89 bits per heavy atom. The van der Waals surface area contributed by atoms with Gasteiger partial charge in [-0.3, -0.25) is 0 Å². The number of benzene rings is 1. The molecule has 18 heavy (non-hydrogen) atoms. The lowest BCUT2D eigenvalue weighted by molar-refractivity contribution is 0.0331. The maximum atomic E-state index is 11.8. The highest BCUT2D eigenvalue weighted by Crippen LogP contribution is 2.17. The van der Waals surface area contributed by atoms with Crippen LogP contribution in [0.1, 0.15) is 29.1 Å². The summed E-state index contributed by atoms with van der Waals surface area (Å²) in [7, 11) is 0. The number of nitrogens with two attached hydrogens (primary N) is 1. The van der Waals surface area contributed by atoms with Gasteiger partial charge in [0, 0.05) is 0 Å². The van der Waals surface area contributed by atoms with E-state index < -0.39 is 5.97 Å². The molecule has 0 aliphatic rings. The molecule has 2 rings (SSSR count). The third-order valence-electron chi connectivity index (χ3n) is 2.53. The number of pyridine rings is 1. The zero-order chi connectivity index (χ0) is 13.0. The first-order valence-corrected chi connectivity index (χ1v) is 5.65. The van der Waals surface area contributed by atoms with Crippen LogP contribution in [0.25, 0.3) is 0 Å². The number of hydrogen-bond acceptors (Lipinski definition) is 4. The number of carbonyl (C=O) groups excluding carboxylic acids is 1. The number of nitrogens with zero attached hydrogens (tertiary/aromatic N) is 1. The second kappa shape index (κ2) is 5.31. The van der Waals surface area contributed by atoms with Crippen molar-refractivity contribution in [3.05, 3.63) is 59.8 Å². The predicted molar refractivity (Wildman–Crippen MR) is 68.9 cm³/mol. The monoisotopic (exact) mass is 242 g/mol. The van der Waals surface area contributed by atoms with Crippen LogP contribution in [0.15, 0.2) is 48.5 Å². The Bertz CT molecular complexity index is 541. The summed E-state index contributed by atoms with van der Waals surface area (Å²) in [4.78, 5) is 15.8. The predicted octanol–water partition coefficient (Wildman–Crippen LogP) is 2.58. The largest absolute Gasteiger partial charge is 0.453 e. The topological polar surface area (TPSA) is 65.2 Å². The number of carbonyl (C=O) groups is 1. The molecule has 0 aliphatic heterocycles. The van der Waals surface area contributed by atoms with E-state index in [1.165, 1.54) is 0 Å². The summed E-state index contributed by atoms with van der Waals surface area (Å²) < 4.78 is 5.32. The minimum Gasteiger partial charge on any atom is -0.453 e. The number of rotatable bonds is 3. The van der Waals surface area contributed by atoms with Gasteiger partial charge in [0.15, 0.2) is 5.69 Å². The van der Waals surface area contributed by atoms with E-state index in [1.807, 2.05) is 37.3 Å². The summed E-state index contributed by atoms with van der Waals surface area (Å²) in [6, 6.07) is 14.4. The molecule has 0 bridgehead atoms. The highest BCUT2D eigenvalue weighted by atomic mass is 16.5. The van der Waals surface area contributed by atoms with Crippen molar-refractivity contribution in [3.8, 4) is 0 Å². The lowest BCUT2D eigenvalue weighted by Gasteiger charge is -2.13. The van der Waals surface area contributed by atoms with Crippen molar-refractivity contribution >= 4 is 11.8 Å². The molecule has 0 spiro atoms. The van der Waals surface area contributed by atoms with Crippen molar-refractivity contribution in [1.82, 2.24) is 4.98 Å². The van der Waals surface area contributed by atoms with Crippen LogP contribution >= 0.6 is 0 Å². The Morgan fingerprint density at radius 1 is 1.17 bits per heavy atom. The van der Waals surface area contributed by atoms with Gasteiger partial charge in [0.25, 0.3) is 0 Å². The van der Waals surface area contributed by atoms with Gasteiger partial charge in [-0.05, 0) is 24.6 Å². The first kappa shape index (κ1) is 12.1. The molecule has 0 amide bonds. The van der Waals surface area contributed by atoms with Crippen LogP contribution in [0.5, 0.6) is 0 Å². The van der Waals surface area contributed by atoms with Crippen molar-refractivity contribution in [1.29, 1.82) is 0 Å². The van der Waals surface area contributed by atoms with Crippen molar-refractivity contribution < 1.29 is 9.53 Å². The Balaban J connectivity index is 2.08. The molecule has 1 atom stereocenters. The van der Waals surface area contributed by atoms with Crippen LogP contribution < -0.4 is 5.73 Å². The van der Waals surface area contributed by atoms with E-state index in [0.717, 1.165) is 5.56 Å². The highest BCUT2D eigenvalue weighted by molar-refractivity contribution is 5.87. The molecule has 1 unspecified atom stereocenters. The number of aromatic nitrogens is 1. The third-order valence-corrected chi connectivity index (χ3v) is 2.53. The zero-order valence-electron chi connectivity index (χ0n) is 10.0. The number of ether oxygens (including phenoxy) is 1. The Hall–Kier alpha value is -2.36. The van der Waals surface area contributed by atoms with Gasteiger partial charge in [-0.1, -0.05) is 36.4 Å². The second-order valence-electron chi connectivity index (χ2n) is 3.91. The first-order valence-electron chi connectivity index (χ1n) is 5.65. The fraction of sp³-hybridized carbons (Fsp3) is 0.143. The summed E-state index contributed by atoms with van der Waals surface area (Å²) >= 11 is 0. The van der Waals surface area contributed by atoms with Gasteiger partial charge in [-0.15, -0.1) is 0 Å². The molecule has 1 aromatic carbocycles. The molecule has 92 valence electrons. The summed E-state index contributed by atoms with van der Waals surface area (Å²) in [6.07, 6.45) is -0.318. The maximum Gasteiger partial charge on any atom is 0.357 e. The van der Waals surface area contributed by atoms with Gasteiger partial charge in [0.2, 0.25) is 0 Å². The van der Waals surface area contributed by atoms with E-state index in [4.69, 9.17) is 10.5 Å². The van der Waals surface area contributed by atoms with Gasteiger partial charge in [0.1, 0.15) is 11.9 Å². The van der Waals surface area contributed by atoms with Crippen LogP contribution in [-0.4, -0.2) is 11.0 Å². The summed E-state index contributed by atoms with van der Waals surface area (Å²) in [6.45, 7) is 1.82. The lowest BCUT2D eigenvalue weighted by atomic mass is 10.1. The molecule has 1 aromatic heterocycles. The molecule has 1 heterocycles. The van der Waals surface area contributed by atoms with Gasteiger partial charge in [-0.2, -0.15) is 0 Å². The molecule has 0 saturated heterocycles. The number of hydrogen-bond donors (Lipinski definition) is 1. The summed E-state index contributed by atoms with van der Waals surface area (Å²) in [5.74, 6) is -0.171. The Kier molecular flexibility index (Phi) is 3.57. The van der Waals surface area contributed by atoms with Crippen LogP contribution in [0.3, 0.4) is 0 Å². The Labute approximate surface area is 105 Å². The van der Waals surface area contributed by atoms with Gasteiger partial charge in [0.05, 0.1) is 0 Å². The minimum absolute atomic E-state index is 0.220. The van der Waals surface area contributed by atoms with Crippen LogP contribution in [0.4, 0.5) is 5.82 Å². The molecule has 0 aliphatic carbocycles. The highest BCUT2D eigenvalue weighted by Gasteiger charge is 2.14. The molecule has 2 aromatic rings. The third kappa shape index (κ3) is 2.85. The molecule has 0 fully saturated rings. The average Bonchev–Trinajstić information content (AvgIpc) is 2.39. The van der Waals surface area contributed by atoms with Crippen LogP contribution in [-0.2, 0) is 4.74 Å². The van der Waals surface area contributed by atoms with Crippen molar-refractivity contribution in [2.45, 2.75) is 13.0 Å². The van der Waals surface area contributed by atoms with E-state index in [-0.39, 0.29) is 11.8 Å². The SMILES string of the molecule is CC(OC(=O)c1cccc(N)n1)c1ccccc1. The zero-order valence-corrected chi connectivity index (χ0v) is 10.0. The van der Waals surface area contributed by atoms with E-state index in [0.29, 0.717) is 5.82 Å². The van der Waals surface area contributed by atoms with E-state index in [2.05, 4.69) is 4.98 Å². The first-order chi connectivity index (χ1) is 8.66. The molecule has 0 radical (unpaired) electrons. The molecule has 0 saturated carbocycles. The van der Waals surface area contributed by atoms with Crippen molar-refractivity contribution in [2.24, 2.45) is 0 Å². The van der Waals surface area contributed by atoms with Crippen molar-refractivity contribution in [3.63, 3.8) is 0 Å². The fourth-order valence-electron chi connectivity index (χ4n) is 1.58.